The average Bonchev–Trinajstić information content (AvgIpc) is 2.60. The minimum Gasteiger partial charge on any atom is -0.394 e. The molecule has 23 heavy (non-hydrogen) atoms. The molecule has 0 radical (unpaired) electrons. The molecule has 5 heteroatoms. The van der Waals surface area contributed by atoms with E-state index in [-0.39, 0.29) is 12.5 Å². The van der Waals surface area contributed by atoms with Crippen LogP contribution in [0.1, 0.15) is 28.8 Å². The van der Waals surface area contributed by atoms with Crippen LogP contribution < -0.4 is 5.32 Å². The number of aliphatic hydroxyl groups is 1. The van der Waals surface area contributed by atoms with Crippen molar-refractivity contribution in [2.45, 2.75) is 18.6 Å². The van der Waals surface area contributed by atoms with Crippen LogP contribution in [-0.2, 0) is 16.0 Å². The number of amides is 1. The highest BCUT2D eigenvalue weighted by atomic mass is 35.5. The van der Waals surface area contributed by atoms with E-state index >= 15 is 0 Å². The van der Waals surface area contributed by atoms with Crippen molar-refractivity contribution in [2.75, 3.05) is 13.2 Å². The zero-order valence-corrected chi connectivity index (χ0v) is 13.3. The van der Waals surface area contributed by atoms with Gasteiger partial charge in [0, 0.05) is 5.02 Å². The molecule has 2 aromatic carbocycles. The van der Waals surface area contributed by atoms with Gasteiger partial charge in [-0.2, -0.15) is 0 Å². The van der Waals surface area contributed by atoms with Gasteiger partial charge >= 0.3 is 0 Å². The van der Waals surface area contributed by atoms with E-state index in [4.69, 9.17) is 16.3 Å². The molecule has 1 heterocycles. The van der Waals surface area contributed by atoms with Crippen LogP contribution in [0.3, 0.4) is 0 Å². The Morgan fingerprint density at radius 2 is 2.00 bits per heavy atom. The van der Waals surface area contributed by atoms with Crippen LogP contribution in [0.2, 0.25) is 5.02 Å². The van der Waals surface area contributed by atoms with Gasteiger partial charge in [0.15, 0.2) is 6.10 Å². The fourth-order valence-electron chi connectivity index (χ4n) is 2.79. The van der Waals surface area contributed by atoms with Gasteiger partial charge in [0.25, 0.3) is 5.91 Å². The molecule has 0 aliphatic carbocycles. The molecule has 2 N–H and O–H groups in total. The average molecular weight is 332 g/mol. The standard InChI is InChI=1S/C18H18ClNO3/c19-14-7-5-13(6-8-14)16(11-21)20-18(22)17-15-4-2-1-3-12(15)9-10-23-17/h1-8,16-17,21H,9-11H2,(H,20,22)/t16-,17+/m1/s1. The van der Waals surface area contributed by atoms with E-state index in [1.807, 2.05) is 24.3 Å². The summed E-state index contributed by atoms with van der Waals surface area (Å²) in [6.45, 7) is 0.321. The highest BCUT2D eigenvalue weighted by Crippen LogP contribution is 2.28. The van der Waals surface area contributed by atoms with E-state index in [0.717, 1.165) is 23.1 Å². The molecule has 0 aromatic heterocycles. The second-order valence-corrected chi connectivity index (χ2v) is 5.93. The number of hydrogen-bond acceptors (Lipinski definition) is 3. The van der Waals surface area contributed by atoms with Crippen LogP contribution in [-0.4, -0.2) is 24.2 Å². The van der Waals surface area contributed by atoms with Gasteiger partial charge in [-0.1, -0.05) is 48.0 Å². The zero-order chi connectivity index (χ0) is 16.2. The summed E-state index contributed by atoms with van der Waals surface area (Å²) in [5.41, 5.74) is 2.82. The van der Waals surface area contributed by atoms with Crippen LogP contribution in [0.4, 0.5) is 0 Å². The zero-order valence-electron chi connectivity index (χ0n) is 12.5. The molecule has 1 amide bonds. The number of nitrogens with one attached hydrogen (secondary N) is 1. The first-order chi connectivity index (χ1) is 11.2. The smallest absolute Gasteiger partial charge is 0.254 e. The molecule has 120 valence electrons. The normalized spacial score (nSPS) is 18.1. The largest absolute Gasteiger partial charge is 0.394 e. The van der Waals surface area contributed by atoms with Crippen LogP contribution >= 0.6 is 11.6 Å². The van der Waals surface area contributed by atoms with Gasteiger partial charge in [0.1, 0.15) is 0 Å². The number of hydrogen-bond donors (Lipinski definition) is 2. The molecule has 4 nitrogen and oxygen atoms in total. The SMILES string of the molecule is O=C(N[C@H](CO)c1ccc(Cl)cc1)[C@H]1OCCc2ccccc21. The summed E-state index contributed by atoms with van der Waals surface area (Å²) in [6.07, 6.45) is 0.168. The summed E-state index contributed by atoms with van der Waals surface area (Å²) in [5.74, 6) is -0.244. The number of rotatable bonds is 4. The molecule has 0 unspecified atom stereocenters. The van der Waals surface area contributed by atoms with Crippen LogP contribution in [0.5, 0.6) is 0 Å². The summed E-state index contributed by atoms with van der Waals surface area (Å²) in [6, 6.07) is 14.3. The second kappa shape index (κ2) is 7.13. The van der Waals surface area contributed by atoms with E-state index in [9.17, 15) is 9.90 Å². The van der Waals surface area contributed by atoms with Gasteiger partial charge in [-0.15, -0.1) is 0 Å². The molecular formula is C18H18ClNO3. The Bertz CT molecular complexity index is 687. The molecule has 0 bridgehead atoms. The summed E-state index contributed by atoms with van der Waals surface area (Å²) in [4.78, 5) is 12.6. The Morgan fingerprint density at radius 1 is 1.26 bits per heavy atom. The maximum Gasteiger partial charge on any atom is 0.254 e. The fourth-order valence-corrected chi connectivity index (χ4v) is 2.91. The van der Waals surface area contributed by atoms with Crippen LogP contribution in [0.25, 0.3) is 0 Å². The summed E-state index contributed by atoms with van der Waals surface area (Å²) >= 11 is 5.87. The van der Waals surface area contributed by atoms with Crippen molar-refractivity contribution in [2.24, 2.45) is 0 Å². The number of aliphatic hydroxyl groups excluding tert-OH is 1. The van der Waals surface area contributed by atoms with Crippen molar-refractivity contribution in [1.82, 2.24) is 5.32 Å². The second-order valence-electron chi connectivity index (χ2n) is 5.49. The molecular weight excluding hydrogens is 314 g/mol. The van der Waals surface area contributed by atoms with Crippen molar-refractivity contribution in [3.05, 3.63) is 70.2 Å². The molecule has 0 spiro atoms. The minimum atomic E-state index is -0.638. The molecule has 0 fully saturated rings. The van der Waals surface area contributed by atoms with Gasteiger partial charge in [-0.05, 0) is 35.2 Å². The highest BCUT2D eigenvalue weighted by Gasteiger charge is 2.28. The lowest BCUT2D eigenvalue weighted by atomic mass is 9.96. The fraction of sp³-hybridized carbons (Fsp3) is 0.278. The van der Waals surface area contributed by atoms with Gasteiger partial charge < -0.3 is 15.2 Å². The Kier molecular flexibility index (Phi) is 4.96. The van der Waals surface area contributed by atoms with E-state index in [0.29, 0.717) is 11.6 Å². The van der Waals surface area contributed by atoms with Crippen molar-refractivity contribution in [3.63, 3.8) is 0 Å². The van der Waals surface area contributed by atoms with E-state index in [2.05, 4.69) is 5.32 Å². The van der Waals surface area contributed by atoms with Gasteiger partial charge in [-0.25, -0.2) is 0 Å². The number of fused-ring (bicyclic) bond motifs is 1. The lowest BCUT2D eigenvalue weighted by Crippen LogP contribution is -2.37. The molecule has 1 aliphatic heterocycles. The Morgan fingerprint density at radius 3 is 2.74 bits per heavy atom. The third-order valence-corrected chi connectivity index (χ3v) is 4.26. The predicted octanol–water partition coefficient (Wildman–Crippen LogP) is 2.80. The molecule has 0 saturated heterocycles. The number of carbonyl (C=O) groups is 1. The van der Waals surface area contributed by atoms with E-state index < -0.39 is 12.1 Å². The number of carbonyl (C=O) groups excluding carboxylic acids is 1. The molecule has 0 saturated carbocycles. The summed E-state index contributed by atoms with van der Waals surface area (Å²) < 4.78 is 5.65. The number of benzene rings is 2. The van der Waals surface area contributed by atoms with Crippen LogP contribution in [0.15, 0.2) is 48.5 Å². The third-order valence-electron chi connectivity index (χ3n) is 4.00. The van der Waals surface area contributed by atoms with Gasteiger partial charge in [0.2, 0.25) is 0 Å². The first-order valence-corrected chi connectivity index (χ1v) is 7.93. The lowest BCUT2D eigenvalue weighted by molar-refractivity contribution is -0.135. The Balaban J connectivity index is 1.77. The Hall–Kier alpha value is -1.88. The Labute approximate surface area is 140 Å². The van der Waals surface area contributed by atoms with Crippen molar-refractivity contribution >= 4 is 17.5 Å². The topological polar surface area (TPSA) is 58.6 Å². The third kappa shape index (κ3) is 3.55. The molecule has 2 atom stereocenters. The number of halogens is 1. The number of ether oxygens (including phenoxy) is 1. The van der Waals surface area contributed by atoms with Crippen LogP contribution in [0, 0.1) is 0 Å². The first-order valence-electron chi connectivity index (χ1n) is 7.55. The highest BCUT2D eigenvalue weighted by molar-refractivity contribution is 6.30. The molecule has 2 aromatic rings. The van der Waals surface area contributed by atoms with Gasteiger partial charge in [0.05, 0.1) is 19.3 Å². The monoisotopic (exact) mass is 331 g/mol. The summed E-state index contributed by atoms with van der Waals surface area (Å²) in [5, 5.41) is 13.1. The minimum absolute atomic E-state index is 0.193. The predicted molar refractivity (Wildman–Crippen MR) is 88.3 cm³/mol. The van der Waals surface area contributed by atoms with Crippen molar-refractivity contribution in [1.29, 1.82) is 0 Å². The maximum atomic E-state index is 12.6. The van der Waals surface area contributed by atoms with Crippen molar-refractivity contribution in [3.8, 4) is 0 Å². The van der Waals surface area contributed by atoms with E-state index in [1.165, 1.54) is 0 Å². The lowest BCUT2D eigenvalue weighted by Gasteiger charge is -2.27. The molecule has 3 rings (SSSR count). The maximum absolute atomic E-state index is 12.6. The van der Waals surface area contributed by atoms with Crippen molar-refractivity contribution < 1.29 is 14.6 Å². The van der Waals surface area contributed by atoms with Gasteiger partial charge in [-0.3, -0.25) is 4.79 Å². The summed E-state index contributed by atoms with van der Waals surface area (Å²) in [7, 11) is 0. The quantitative estimate of drug-likeness (QED) is 0.905. The first kappa shape index (κ1) is 16.0. The molecule has 1 aliphatic rings. The van der Waals surface area contributed by atoms with E-state index in [1.54, 1.807) is 24.3 Å².